The van der Waals surface area contributed by atoms with E-state index in [0.717, 1.165) is 16.4 Å². The van der Waals surface area contributed by atoms with Crippen LogP contribution in [-0.2, 0) is 0 Å². The van der Waals surface area contributed by atoms with E-state index >= 15 is 0 Å². The predicted molar refractivity (Wildman–Crippen MR) is 61.2 cm³/mol. The SMILES string of the molecule is OCC(O)CSc1ccc2c(c1)OCCO2. The van der Waals surface area contributed by atoms with Gasteiger partial charge in [-0.15, -0.1) is 11.8 Å². The molecule has 0 spiro atoms. The van der Waals surface area contributed by atoms with E-state index in [1.165, 1.54) is 11.8 Å². The second-order valence-corrected chi connectivity index (χ2v) is 4.55. The van der Waals surface area contributed by atoms with E-state index in [-0.39, 0.29) is 6.61 Å². The predicted octanol–water partition coefficient (Wildman–Crippen LogP) is 0.903. The summed E-state index contributed by atoms with van der Waals surface area (Å²) in [4.78, 5) is 0.997. The molecule has 2 N–H and O–H groups in total. The van der Waals surface area contributed by atoms with Gasteiger partial charge in [0.2, 0.25) is 0 Å². The van der Waals surface area contributed by atoms with Crippen LogP contribution in [-0.4, -0.2) is 41.9 Å². The Hall–Kier alpha value is -0.910. The Balaban J connectivity index is 2.00. The number of ether oxygens (including phenoxy) is 2. The van der Waals surface area contributed by atoms with Gasteiger partial charge in [-0.05, 0) is 18.2 Å². The van der Waals surface area contributed by atoms with Crippen LogP contribution in [0.2, 0.25) is 0 Å². The molecule has 1 heterocycles. The van der Waals surface area contributed by atoms with Crippen molar-refractivity contribution in [3.63, 3.8) is 0 Å². The van der Waals surface area contributed by atoms with E-state index in [2.05, 4.69) is 0 Å². The molecule has 1 unspecified atom stereocenters. The Morgan fingerprint density at radius 3 is 2.75 bits per heavy atom. The molecular weight excluding hydrogens is 228 g/mol. The Bertz CT molecular complexity index is 356. The minimum absolute atomic E-state index is 0.211. The highest BCUT2D eigenvalue weighted by atomic mass is 32.2. The fourth-order valence-electron chi connectivity index (χ4n) is 1.36. The van der Waals surface area contributed by atoms with Crippen LogP contribution < -0.4 is 9.47 Å². The van der Waals surface area contributed by atoms with Gasteiger partial charge in [0.1, 0.15) is 13.2 Å². The zero-order valence-electron chi connectivity index (χ0n) is 8.76. The van der Waals surface area contributed by atoms with Gasteiger partial charge in [-0.25, -0.2) is 0 Å². The lowest BCUT2D eigenvalue weighted by Gasteiger charge is -2.18. The van der Waals surface area contributed by atoms with Crippen molar-refractivity contribution in [2.45, 2.75) is 11.0 Å². The molecule has 1 aromatic carbocycles. The van der Waals surface area contributed by atoms with Gasteiger partial charge in [0.25, 0.3) is 0 Å². The summed E-state index contributed by atoms with van der Waals surface area (Å²) in [7, 11) is 0. The summed E-state index contributed by atoms with van der Waals surface area (Å²) in [5, 5.41) is 17.9. The molecule has 88 valence electrons. The van der Waals surface area contributed by atoms with Crippen LogP contribution in [0.3, 0.4) is 0 Å². The zero-order chi connectivity index (χ0) is 11.4. The van der Waals surface area contributed by atoms with E-state index in [0.29, 0.717) is 19.0 Å². The molecule has 0 bridgehead atoms. The molecule has 5 heteroatoms. The number of thioether (sulfide) groups is 1. The van der Waals surface area contributed by atoms with Crippen LogP contribution in [0.4, 0.5) is 0 Å². The van der Waals surface area contributed by atoms with E-state index in [1.54, 1.807) is 0 Å². The lowest BCUT2D eigenvalue weighted by atomic mass is 10.3. The van der Waals surface area contributed by atoms with Gasteiger partial charge < -0.3 is 19.7 Å². The van der Waals surface area contributed by atoms with Crippen LogP contribution >= 0.6 is 11.8 Å². The topological polar surface area (TPSA) is 58.9 Å². The average molecular weight is 242 g/mol. The number of aliphatic hydroxyl groups excluding tert-OH is 2. The summed E-state index contributed by atoms with van der Waals surface area (Å²) < 4.78 is 10.8. The highest BCUT2D eigenvalue weighted by Gasteiger charge is 2.12. The minimum atomic E-state index is -0.682. The maximum Gasteiger partial charge on any atom is 0.162 e. The maximum atomic E-state index is 9.23. The molecule has 1 aliphatic heterocycles. The molecule has 1 atom stereocenters. The monoisotopic (exact) mass is 242 g/mol. The van der Waals surface area contributed by atoms with E-state index < -0.39 is 6.10 Å². The molecular formula is C11H14O4S. The van der Waals surface area contributed by atoms with Gasteiger partial charge in [-0.2, -0.15) is 0 Å². The van der Waals surface area contributed by atoms with Crippen LogP contribution in [0.1, 0.15) is 0 Å². The summed E-state index contributed by atoms with van der Waals surface area (Å²) in [5.74, 6) is 1.98. The second kappa shape index (κ2) is 5.43. The summed E-state index contributed by atoms with van der Waals surface area (Å²) in [5.41, 5.74) is 0. The molecule has 0 aromatic heterocycles. The van der Waals surface area contributed by atoms with Crippen molar-refractivity contribution in [2.24, 2.45) is 0 Å². The summed E-state index contributed by atoms with van der Waals surface area (Å²) in [6, 6.07) is 5.67. The molecule has 0 radical (unpaired) electrons. The molecule has 0 fully saturated rings. The molecule has 0 saturated carbocycles. The summed E-state index contributed by atoms with van der Waals surface area (Å²) in [6.07, 6.45) is -0.682. The van der Waals surface area contributed by atoms with Crippen molar-refractivity contribution in [3.05, 3.63) is 18.2 Å². The molecule has 1 aliphatic rings. The fraction of sp³-hybridized carbons (Fsp3) is 0.455. The van der Waals surface area contributed by atoms with Crippen LogP contribution in [0.25, 0.3) is 0 Å². The molecule has 16 heavy (non-hydrogen) atoms. The smallest absolute Gasteiger partial charge is 0.162 e. The van der Waals surface area contributed by atoms with E-state index in [9.17, 15) is 5.11 Å². The zero-order valence-corrected chi connectivity index (χ0v) is 9.57. The minimum Gasteiger partial charge on any atom is -0.486 e. The number of benzene rings is 1. The Labute approximate surface area is 98.2 Å². The number of fused-ring (bicyclic) bond motifs is 1. The normalized spacial score (nSPS) is 15.9. The third kappa shape index (κ3) is 2.81. The van der Waals surface area contributed by atoms with Gasteiger partial charge in [-0.3, -0.25) is 0 Å². The second-order valence-electron chi connectivity index (χ2n) is 3.45. The lowest BCUT2D eigenvalue weighted by molar-refractivity contribution is 0.113. The summed E-state index contributed by atoms with van der Waals surface area (Å²) in [6.45, 7) is 0.945. The van der Waals surface area contributed by atoms with Crippen molar-refractivity contribution < 1.29 is 19.7 Å². The van der Waals surface area contributed by atoms with Crippen molar-refractivity contribution in [3.8, 4) is 11.5 Å². The molecule has 0 aliphatic carbocycles. The van der Waals surface area contributed by atoms with Gasteiger partial charge in [0.05, 0.1) is 12.7 Å². The molecule has 0 saturated heterocycles. The Kier molecular flexibility index (Phi) is 3.93. The number of hydrogen-bond acceptors (Lipinski definition) is 5. The standard InChI is InChI=1S/C11H14O4S/c12-6-8(13)7-16-9-1-2-10-11(5-9)15-4-3-14-10/h1-2,5,8,12-13H,3-4,6-7H2. The van der Waals surface area contributed by atoms with Gasteiger partial charge in [-0.1, -0.05) is 0 Å². The molecule has 0 amide bonds. The highest BCUT2D eigenvalue weighted by Crippen LogP contribution is 2.34. The first-order valence-corrected chi connectivity index (χ1v) is 6.09. The first-order chi connectivity index (χ1) is 7.79. The third-order valence-corrected chi connectivity index (χ3v) is 3.31. The molecule has 4 nitrogen and oxygen atoms in total. The number of aliphatic hydroxyl groups is 2. The lowest BCUT2D eigenvalue weighted by Crippen LogP contribution is -2.15. The quantitative estimate of drug-likeness (QED) is 0.768. The molecule has 2 rings (SSSR count). The van der Waals surface area contributed by atoms with E-state index in [4.69, 9.17) is 14.6 Å². The van der Waals surface area contributed by atoms with E-state index in [1.807, 2.05) is 18.2 Å². The van der Waals surface area contributed by atoms with Crippen LogP contribution in [0, 0.1) is 0 Å². The fourth-order valence-corrected chi connectivity index (χ4v) is 2.20. The van der Waals surface area contributed by atoms with Gasteiger partial charge in [0.15, 0.2) is 11.5 Å². The highest BCUT2D eigenvalue weighted by molar-refractivity contribution is 7.99. The number of rotatable bonds is 4. The van der Waals surface area contributed by atoms with Gasteiger partial charge >= 0.3 is 0 Å². The van der Waals surface area contributed by atoms with Crippen molar-refractivity contribution >= 4 is 11.8 Å². The van der Waals surface area contributed by atoms with Crippen molar-refractivity contribution in [2.75, 3.05) is 25.6 Å². The Morgan fingerprint density at radius 1 is 1.25 bits per heavy atom. The first-order valence-electron chi connectivity index (χ1n) is 5.11. The molecule has 1 aromatic rings. The maximum absolute atomic E-state index is 9.23. The third-order valence-electron chi connectivity index (χ3n) is 2.17. The van der Waals surface area contributed by atoms with Gasteiger partial charge in [0, 0.05) is 10.6 Å². The van der Waals surface area contributed by atoms with Crippen LogP contribution in [0.15, 0.2) is 23.1 Å². The number of hydrogen-bond donors (Lipinski definition) is 2. The average Bonchev–Trinajstić information content (AvgIpc) is 2.35. The van der Waals surface area contributed by atoms with Crippen LogP contribution in [0.5, 0.6) is 11.5 Å². The Morgan fingerprint density at radius 2 is 2.00 bits per heavy atom. The largest absolute Gasteiger partial charge is 0.486 e. The van der Waals surface area contributed by atoms with Crippen molar-refractivity contribution in [1.82, 2.24) is 0 Å². The summed E-state index contributed by atoms with van der Waals surface area (Å²) >= 11 is 1.48. The van der Waals surface area contributed by atoms with Crippen molar-refractivity contribution in [1.29, 1.82) is 0 Å². The first kappa shape index (κ1) is 11.6.